The minimum atomic E-state index is -0.531. The standard InChI is InChI=1S/C13H17F2N/c1-4-8-16-13(9(2)3)12-10(14)6-5-7-11(12)15/h5-7,13,16H,2,4,8H2,1,3H3. The molecule has 1 atom stereocenters. The van der Waals surface area contributed by atoms with Gasteiger partial charge in [0.05, 0.1) is 6.04 Å². The third kappa shape index (κ3) is 2.89. The maximum atomic E-state index is 13.6. The summed E-state index contributed by atoms with van der Waals surface area (Å²) in [5.74, 6) is -1.06. The van der Waals surface area contributed by atoms with Gasteiger partial charge in [0, 0.05) is 5.56 Å². The number of benzene rings is 1. The normalized spacial score (nSPS) is 12.5. The number of hydrogen-bond acceptors (Lipinski definition) is 1. The minimum absolute atomic E-state index is 0.0588. The van der Waals surface area contributed by atoms with Gasteiger partial charge < -0.3 is 5.32 Å². The Kier molecular flexibility index (Phi) is 4.62. The quantitative estimate of drug-likeness (QED) is 0.755. The molecule has 1 nitrogen and oxygen atoms in total. The van der Waals surface area contributed by atoms with Crippen LogP contribution in [0.25, 0.3) is 0 Å². The molecule has 3 heteroatoms. The molecule has 0 aliphatic carbocycles. The smallest absolute Gasteiger partial charge is 0.131 e. The van der Waals surface area contributed by atoms with Gasteiger partial charge in [-0.15, -0.1) is 0 Å². The van der Waals surface area contributed by atoms with Crippen molar-refractivity contribution in [2.45, 2.75) is 26.3 Å². The molecule has 0 radical (unpaired) electrons. The van der Waals surface area contributed by atoms with Crippen molar-refractivity contribution >= 4 is 0 Å². The molecule has 1 aromatic carbocycles. The van der Waals surface area contributed by atoms with Gasteiger partial charge in [0.1, 0.15) is 11.6 Å². The van der Waals surface area contributed by atoms with Gasteiger partial charge in [0.25, 0.3) is 0 Å². The second-order valence-electron chi connectivity index (χ2n) is 3.87. The van der Waals surface area contributed by atoms with E-state index in [-0.39, 0.29) is 5.56 Å². The summed E-state index contributed by atoms with van der Waals surface area (Å²) in [5, 5.41) is 3.09. The van der Waals surface area contributed by atoms with E-state index in [0.29, 0.717) is 12.1 Å². The number of halogens is 2. The van der Waals surface area contributed by atoms with Crippen LogP contribution in [0, 0.1) is 11.6 Å². The highest BCUT2D eigenvalue weighted by Gasteiger charge is 2.19. The zero-order chi connectivity index (χ0) is 12.1. The molecule has 88 valence electrons. The maximum Gasteiger partial charge on any atom is 0.131 e. The van der Waals surface area contributed by atoms with Gasteiger partial charge in [-0.3, -0.25) is 0 Å². The van der Waals surface area contributed by atoms with Crippen molar-refractivity contribution in [1.29, 1.82) is 0 Å². The van der Waals surface area contributed by atoms with Gasteiger partial charge in [-0.05, 0) is 32.0 Å². The molecule has 1 rings (SSSR count). The second kappa shape index (κ2) is 5.75. The van der Waals surface area contributed by atoms with Gasteiger partial charge in [0.15, 0.2) is 0 Å². The van der Waals surface area contributed by atoms with Gasteiger partial charge >= 0.3 is 0 Å². The average Bonchev–Trinajstić information content (AvgIpc) is 2.21. The van der Waals surface area contributed by atoms with Crippen LogP contribution in [0.15, 0.2) is 30.4 Å². The van der Waals surface area contributed by atoms with Crippen LogP contribution in [-0.2, 0) is 0 Å². The molecule has 0 fully saturated rings. The molecule has 0 bridgehead atoms. The SMILES string of the molecule is C=C(C)C(NCCC)c1c(F)cccc1F. The molecule has 0 heterocycles. The van der Waals surface area contributed by atoms with Crippen molar-refractivity contribution in [2.75, 3.05) is 6.54 Å². The Labute approximate surface area is 95.2 Å². The number of hydrogen-bond donors (Lipinski definition) is 1. The van der Waals surface area contributed by atoms with Crippen LogP contribution in [0.2, 0.25) is 0 Å². The van der Waals surface area contributed by atoms with E-state index in [1.54, 1.807) is 6.92 Å². The molecule has 0 aliphatic rings. The predicted octanol–water partition coefficient (Wildman–Crippen LogP) is 3.58. The van der Waals surface area contributed by atoms with E-state index in [0.717, 1.165) is 6.42 Å². The summed E-state index contributed by atoms with van der Waals surface area (Å²) < 4.78 is 27.1. The zero-order valence-corrected chi connectivity index (χ0v) is 9.69. The number of rotatable bonds is 5. The lowest BCUT2D eigenvalue weighted by Gasteiger charge is -2.20. The van der Waals surface area contributed by atoms with E-state index in [9.17, 15) is 8.78 Å². The minimum Gasteiger partial charge on any atom is -0.306 e. The van der Waals surface area contributed by atoms with E-state index >= 15 is 0 Å². The fraction of sp³-hybridized carbons (Fsp3) is 0.385. The van der Waals surface area contributed by atoms with Crippen LogP contribution in [-0.4, -0.2) is 6.54 Å². The third-order valence-electron chi connectivity index (χ3n) is 2.38. The Bertz CT molecular complexity index is 354. The summed E-state index contributed by atoms with van der Waals surface area (Å²) in [4.78, 5) is 0. The molecule has 0 aromatic heterocycles. The van der Waals surface area contributed by atoms with Gasteiger partial charge in [-0.2, -0.15) is 0 Å². The summed E-state index contributed by atoms with van der Waals surface area (Å²) in [5.41, 5.74) is 0.765. The van der Waals surface area contributed by atoms with Crippen LogP contribution in [0.1, 0.15) is 31.9 Å². The van der Waals surface area contributed by atoms with Crippen LogP contribution >= 0.6 is 0 Å². The molecule has 0 spiro atoms. The lowest BCUT2D eigenvalue weighted by atomic mass is 9.99. The highest BCUT2D eigenvalue weighted by atomic mass is 19.1. The summed E-state index contributed by atoms with van der Waals surface area (Å²) in [6.45, 7) is 8.23. The van der Waals surface area contributed by atoms with Crippen molar-refractivity contribution in [3.8, 4) is 0 Å². The van der Waals surface area contributed by atoms with Crippen LogP contribution in [0.5, 0.6) is 0 Å². The highest BCUT2D eigenvalue weighted by Crippen LogP contribution is 2.25. The number of nitrogens with one attached hydrogen (secondary N) is 1. The maximum absolute atomic E-state index is 13.6. The Morgan fingerprint density at radius 1 is 1.38 bits per heavy atom. The molecule has 0 aliphatic heterocycles. The Hall–Kier alpha value is -1.22. The Balaban J connectivity index is 3.05. The summed E-state index contributed by atoms with van der Waals surface area (Å²) in [6, 6.07) is 3.44. The first-order chi connectivity index (χ1) is 7.57. The second-order valence-corrected chi connectivity index (χ2v) is 3.87. The first kappa shape index (κ1) is 12.8. The summed E-state index contributed by atoms with van der Waals surface area (Å²) in [7, 11) is 0. The summed E-state index contributed by atoms with van der Waals surface area (Å²) in [6.07, 6.45) is 0.903. The van der Waals surface area contributed by atoms with E-state index in [4.69, 9.17) is 0 Å². The van der Waals surface area contributed by atoms with E-state index in [2.05, 4.69) is 11.9 Å². The fourth-order valence-electron chi connectivity index (χ4n) is 1.60. The van der Waals surface area contributed by atoms with E-state index < -0.39 is 17.7 Å². The third-order valence-corrected chi connectivity index (χ3v) is 2.38. The molecule has 1 aromatic rings. The molecular formula is C13H17F2N. The van der Waals surface area contributed by atoms with Crippen molar-refractivity contribution < 1.29 is 8.78 Å². The molecule has 0 amide bonds. The highest BCUT2D eigenvalue weighted by molar-refractivity contribution is 5.29. The van der Waals surface area contributed by atoms with Gasteiger partial charge in [-0.25, -0.2) is 8.78 Å². The molecule has 0 saturated carbocycles. The van der Waals surface area contributed by atoms with Gasteiger partial charge in [0.2, 0.25) is 0 Å². The van der Waals surface area contributed by atoms with Crippen LogP contribution in [0.4, 0.5) is 8.78 Å². The van der Waals surface area contributed by atoms with Gasteiger partial charge in [-0.1, -0.05) is 25.1 Å². The van der Waals surface area contributed by atoms with Crippen molar-refractivity contribution in [1.82, 2.24) is 5.32 Å². The zero-order valence-electron chi connectivity index (χ0n) is 9.69. The monoisotopic (exact) mass is 225 g/mol. The molecule has 16 heavy (non-hydrogen) atoms. The topological polar surface area (TPSA) is 12.0 Å². The molecule has 1 unspecified atom stereocenters. The van der Waals surface area contributed by atoms with Crippen LogP contribution < -0.4 is 5.32 Å². The molecular weight excluding hydrogens is 208 g/mol. The van der Waals surface area contributed by atoms with Crippen molar-refractivity contribution in [2.24, 2.45) is 0 Å². The predicted molar refractivity (Wildman–Crippen MR) is 62.2 cm³/mol. The Morgan fingerprint density at radius 2 is 1.94 bits per heavy atom. The lowest BCUT2D eigenvalue weighted by Crippen LogP contribution is -2.24. The van der Waals surface area contributed by atoms with E-state index in [1.807, 2.05) is 6.92 Å². The molecule has 1 N–H and O–H groups in total. The Morgan fingerprint density at radius 3 is 2.38 bits per heavy atom. The van der Waals surface area contributed by atoms with E-state index in [1.165, 1.54) is 18.2 Å². The lowest BCUT2D eigenvalue weighted by molar-refractivity contribution is 0.499. The van der Waals surface area contributed by atoms with Crippen molar-refractivity contribution in [3.63, 3.8) is 0 Å². The first-order valence-electron chi connectivity index (χ1n) is 5.40. The van der Waals surface area contributed by atoms with Crippen LogP contribution in [0.3, 0.4) is 0 Å². The molecule has 0 saturated heterocycles. The first-order valence-corrected chi connectivity index (χ1v) is 5.40. The summed E-state index contributed by atoms with van der Waals surface area (Å²) >= 11 is 0. The fourth-order valence-corrected chi connectivity index (χ4v) is 1.60. The van der Waals surface area contributed by atoms with Crippen molar-refractivity contribution in [3.05, 3.63) is 47.5 Å². The average molecular weight is 225 g/mol. The largest absolute Gasteiger partial charge is 0.306 e.